The summed E-state index contributed by atoms with van der Waals surface area (Å²) >= 11 is 7.27. The first-order valence-electron chi connectivity index (χ1n) is 9.01. The van der Waals surface area contributed by atoms with Gasteiger partial charge in [-0.2, -0.15) is 0 Å². The molecule has 3 heterocycles. The van der Waals surface area contributed by atoms with Crippen LogP contribution in [0.2, 0.25) is 4.34 Å². The second kappa shape index (κ2) is 8.81. The summed E-state index contributed by atoms with van der Waals surface area (Å²) in [7, 11) is 1.55. The van der Waals surface area contributed by atoms with Crippen LogP contribution < -0.4 is 15.0 Å². The van der Waals surface area contributed by atoms with Crippen molar-refractivity contribution in [3.8, 4) is 16.5 Å². The van der Waals surface area contributed by atoms with Crippen molar-refractivity contribution in [2.24, 2.45) is 0 Å². The number of thiophene rings is 1. The molecule has 0 atom stereocenters. The lowest BCUT2D eigenvalue weighted by molar-refractivity contribution is 0.0944. The summed E-state index contributed by atoms with van der Waals surface area (Å²) in [6.07, 6.45) is 0. The lowest BCUT2D eigenvalue weighted by Gasteiger charge is -2.29. The highest BCUT2D eigenvalue weighted by Gasteiger charge is 2.18. The fourth-order valence-electron chi connectivity index (χ4n) is 2.99. The molecule has 1 saturated heterocycles. The highest BCUT2D eigenvalue weighted by molar-refractivity contribution is 7.19. The van der Waals surface area contributed by atoms with E-state index in [1.54, 1.807) is 19.2 Å². The Morgan fingerprint density at radius 2 is 2.10 bits per heavy atom. The normalized spacial score (nSPS) is 14.1. The number of hydrogen-bond donors (Lipinski definition) is 1. The van der Waals surface area contributed by atoms with E-state index in [4.69, 9.17) is 25.5 Å². The van der Waals surface area contributed by atoms with E-state index in [-0.39, 0.29) is 12.5 Å². The number of carbonyl (C=O) groups excluding carboxylic acids is 1. The molecule has 0 saturated carbocycles. The van der Waals surface area contributed by atoms with Gasteiger partial charge in [0.1, 0.15) is 5.75 Å². The maximum atomic E-state index is 12.6. The number of morpholine rings is 1. The molecular formula is C19H19ClN4O4S. The van der Waals surface area contributed by atoms with E-state index in [2.05, 4.69) is 20.4 Å². The summed E-state index contributed by atoms with van der Waals surface area (Å²) in [5.41, 5.74) is 1.44. The number of carbonyl (C=O) groups is 1. The number of ether oxygens (including phenoxy) is 2. The van der Waals surface area contributed by atoms with E-state index in [0.29, 0.717) is 40.6 Å². The van der Waals surface area contributed by atoms with Crippen LogP contribution in [0.1, 0.15) is 16.2 Å². The number of anilines is 1. The van der Waals surface area contributed by atoms with Gasteiger partial charge in [0, 0.05) is 24.8 Å². The molecule has 0 radical (unpaired) electrons. The van der Waals surface area contributed by atoms with Crippen LogP contribution in [-0.2, 0) is 11.3 Å². The Morgan fingerprint density at radius 1 is 1.28 bits per heavy atom. The molecule has 152 valence electrons. The minimum absolute atomic E-state index is 0.110. The summed E-state index contributed by atoms with van der Waals surface area (Å²) in [6, 6.07) is 9.11. The highest BCUT2D eigenvalue weighted by Crippen LogP contribution is 2.30. The third-order valence-corrected chi connectivity index (χ3v) is 5.68. The number of aromatic nitrogens is 2. The summed E-state index contributed by atoms with van der Waals surface area (Å²) < 4.78 is 17.0. The van der Waals surface area contributed by atoms with Crippen molar-refractivity contribution < 1.29 is 18.7 Å². The fraction of sp³-hybridized carbons (Fsp3) is 0.316. The van der Waals surface area contributed by atoms with Crippen LogP contribution in [0, 0.1) is 0 Å². The van der Waals surface area contributed by atoms with Crippen LogP contribution in [0.25, 0.3) is 10.8 Å². The van der Waals surface area contributed by atoms with Crippen molar-refractivity contribution in [2.45, 2.75) is 6.54 Å². The molecule has 1 aliphatic rings. The number of amides is 1. The van der Waals surface area contributed by atoms with Gasteiger partial charge in [-0.3, -0.25) is 4.79 Å². The van der Waals surface area contributed by atoms with Crippen LogP contribution >= 0.6 is 22.9 Å². The quantitative estimate of drug-likeness (QED) is 0.637. The van der Waals surface area contributed by atoms with Crippen LogP contribution in [-0.4, -0.2) is 49.5 Å². The molecule has 1 fully saturated rings. The summed E-state index contributed by atoms with van der Waals surface area (Å²) in [4.78, 5) is 15.6. The zero-order valence-corrected chi connectivity index (χ0v) is 17.3. The predicted molar refractivity (Wildman–Crippen MR) is 110 cm³/mol. The molecule has 4 rings (SSSR count). The molecule has 3 aromatic rings. The number of nitrogens with zero attached hydrogens (tertiary/aromatic N) is 3. The number of methoxy groups -OCH3 is 1. The SMILES string of the molecule is COc1cc(N2CCOCC2)ccc1C(=O)NCc1nnc(-c2ccc(Cl)s2)o1. The summed E-state index contributed by atoms with van der Waals surface area (Å²) in [5, 5.41) is 10.7. The second-order valence-electron chi connectivity index (χ2n) is 6.27. The Bertz CT molecular complexity index is 1000. The Hall–Kier alpha value is -2.62. The topological polar surface area (TPSA) is 89.7 Å². The average Bonchev–Trinajstić information content (AvgIpc) is 3.41. The van der Waals surface area contributed by atoms with Gasteiger partial charge in [-0.25, -0.2) is 0 Å². The van der Waals surface area contributed by atoms with Gasteiger partial charge in [0.2, 0.25) is 5.89 Å². The van der Waals surface area contributed by atoms with E-state index in [0.717, 1.165) is 23.7 Å². The predicted octanol–water partition coefficient (Wildman–Crippen LogP) is 3.23. The van der Waals surface area contributed by atoms with Crippen molar-refractivity contribution in [3.05, 3.63) is 46.1 Å². The number of hydrogen-bond acceptors (Lipinski definition) is 8. The highest BCUT2D eigenvalue weighted by atomic mass is 35.5. The smallest absolute Gasteiger partial charge is 0.257 e. The third kappa shape index (κ3) is 4.52. The Labute approximate surface area is 176 Å². The maximum Gasteiger partial charge on any atom is 0.257 e. The first-order chi connectivity index (χ1) is 14.1. The van der Waals surface area contributed by atoms with Crippen molar-refractivity contribution in [2.75, 3.05) is 38.3 Å². The number of nitrogens with one attached hydrogen (secondary N) is 1. The molecule has 1 amide bonds. The summed E-state index contributed by atoms with van der Waals surface area (Å²) in [5.74, 6) is 0.903. The standard InChI is InChI=1S/C19H19ClN4O4S/c1-26-14-10-12(24-6-8-27-9-7-24)2-3-13(14)18(25)21-11-17-22-23-19(28-17)15-4-5-16(20)29-15/h2-5,10H,6-9,11H2,1H3,(H,21,25). The minimum Gasteiger partial charge on any atom is -0.496 e. The van der Waals surface area contributed by atoms with Gasteiger partial charge in [-0.1, -0.05) is 11.6 Å². The molecular weight excluding hydrogens is 416 g/mol. The van der Waals surface area contributed by atoms with Gasteiger partial charge >= 0.3 is 0 Å². The fourth-order valence-corrected chi connectivity index (χ4v) is 3.96. The Kier molecular flexibility index (Phi) is 5.98. The average molecular weight is 435 g/mol. The van der Waals surface area contributed by atoms with Crippen LogP contribution in [0.15, 0.2) is 34.7 Å². The third-order valence-electron chi connectivity index (χ3n) is 4.46. The lowest BCUT2D eigenvalue weighted by Crippen LogP contribution is -2.36. The van der Waals surface area contributed by atoms with Crippen molar-refractivity contribution >= 4 is 34.5 Å². The molecule has 0 unspecified atom stereocenters. The number of rotatable bonds is 6. The van der Waals surface area contributed by atoms with E-state index >= 15 is 0 Å². The monoisotopic (exact) mass is 434 g/mol. The number of halogens is 1. The molecule has 1 N–H and O–H groups in total. The first-order valence-corrected chi connectivity index (χ1v) is 10.2. The van der Waals surface area contributed by atoms with Gasteiger partial charge in [0.15, 0.2) is 0 Å². The van der Waals surface area contributed by atoms with Gasteiger partial charge < -0.3 is 24.1 Å². The maximum absolute atomic E-state index is 12.6. The number of benzene rings is 1. The molecule has 0 aliphatic carbocycles. The Balaban J connectivity index is 1.42. The molecule has 0 spiro atoms. The molecule has 0 bridgehead atoms. The Morgan fingerprint density at radius 3 is 2.83 bits per heavy atom. The molecule has 1 aliphatic heterocycles. The van der Waals surface area contributed by atoms with Gasteiger partial charge in [-0.05, 0) is 24.3 Å². The molecule has 8 nitrogen and oxygen atoms in total. The first kappa shape index (κ1) is 19.7. The molecule has 1 aromatic carbocycles. The molecule has 10 heteroatoms. The minimum atomic E-state index is -0.283. The van der Waals surface area contributed by atoms with Crippen molar-refractivity contribution in [3.63, 3.8) is 0 Å². The van der Waals surface area contributed by atoms with Crippen LogP contribution in [0.4, 0.5) is 5.69 Å². The molecule has 29 heavy (non-hydrogen) atoms. The van der Waals surface area contributed by atoms with E-state index in [1.165, 1.54) is 11.3 Å². The summed E-state index contributed by atoms with van der Waals surface area (Å²) in [6.45, 7) is 3.11. The van der Waals surface area contributed by atoms with E-state index in [1.807, 2.05) is 18.2 Å². The van der Waals surface area contributed by atoms with Gasteiger partial charge in [-0.15, -0.1) is 21.5 Å². The van der Waals surface area contributed by atoms with Gasteiger partial charge in [0.05, 0.1) is 41.6 Å². The van der Waals surface area contributed by atoms with Crippen LogP contribution in [0.3, 0.4) is 0 Å². The van der Waals surface area contributed by atoms with E-state index < -0.39 is 0 Å². The van der Waals surface area contributed by atoms with Gasteiger partial charge in [0.25, 0.3) is 11.8 Å². The molecule has 2 aromatic heterocycles. The lowest BCUT2D eigenvalue weighted by atomic mass is 10.1. The zero-order valence-electron chi connectivity index (χ0n) is 15.7. The second-order valence-corrected chi connectivity index (χ2v) is 7.99. The van der Waals surface area contributed by atoms with Crippen LogP contribution in [0.5, 0.6) is 5.75 Å². The van der Waals surface area contributed by atoms with Crippen molar-refractivity contribution in [1.29, 1.82) is 0 Å². The van der Waals surface area contributed by atoms with Crippen molar-refractivity contribution in [1.82, 2.24) is 15.5 Å². The zero-order chi connectivity index (χ0) is 20.2. The largest absolute Gasteiger partial charge is 0.496 e. The van der Waals surface area contributed by atoms with E-state index in [9.17, 15) is 4.79 Å².